The molecule has 0 N–H and O–H groups in total. The number of alkyl halides is 3. The van der Waals surface area contributed by atoms with Gasteiger partial charge in [0, 0.05) is 30.8 Å². The maximum absolute atomic E-state index is 13.0. The Kier molecular flexibility index (Phi) is 6.60. The van der Waals surface area contributed by atoms with E-state index in [1.165, 1.54) is 29.2 Å². The first kappa shape index (κ1) is 22.7. The molecule has 0 bridgehead atoms. The van der Waals surface area contributed by atoms with Gasteiger partial charge in [0.15, 0.2) is 5.78 Å². The molecular formula is C21H16ClF4N3O2. The van der Waals surface area contributed by atoms with Crippen LogP contribution in [0.15, 0.2) is 36.5 Å². The van der Waals surface area contributed by atoms with Crippen LogP contribution in [0.4, 0.5) is 17.6 Å². The number of ketones is 1. The summed E-state index contributed by atoms with van der Waals surface area (Å²) in [6.45, 7) is 0.498. The van der Waals surface area contributed by atoms with Crippen molar-refractivity contribution in [1.29, 1.82) is 5.26 Å². The molecule has 1 amide bonds. The number of carbonyl (C=O) groups is 2. The molecule has 2 aromatic rings. The van der Waals surface area contributed by atoms with Crippen molar-refractivity contribution in [3.63, 3.8) is 0 Å². The molecule has 31 heavy (non-hydrogen) atoms. The minimum absolute atomic E-state index is 0.216. The predicted octanol–water partition coefficient (Wildman–Crippen LogP) is 4.62. The Bertz CT molecular complexity index is 1030. The van der Waals surface area contributed by atoms with Crippen molar-refractivity contribution in [2.75, 3.05) is 13.1 Å². The number of rotatable bonds is 4. The van der Waals surface area contributed by atoms with E-state index in [9.17, 15) is 32.4 Å². The summed E-state index contributed by atoms with van der Waals surface area (Å²) in [7, 11) is 0. The first-order chi connectivity index (χ1) is 14.6. The highest BCUT2D eigenvalue weighted by atomic mass is 35.5. The van der Waals surface area contributed by atoms with E-state index in [2.05, 4.69) is 4.98 Å². The maximum atomic E-state index is 13.0. The molecule has 1 aliphatic heterocycles. The normalized spacial score (nSPS) is 15.9. The van der Waals surface area contributed by atoms with Crippen LogP contribution in [0.3, 0.4) is 0 Å². The largest absolute Gasteiger partial charge is 0.417 e. The van der Waals surface area contributed by atoms with E-state index < -0.39 is 40.2 Å². The average Bonchev–Trinajstić information content (AvgIpc) is 2.74. The van der Waals surface area contributed by atoms with Crippen LogP contribution in [0.25, 0.3) is 0 Å². The van der Waals surface area contributed by atoms with Gasteiger partial charge in [0.1, 0.15) is 11.7 Å². The number of benzene rings is 1. The van der Waals surface area contributed by atoms with Gasteiger partial charge in [-0.1, -0.05) is 11.6 Å². The lowest BCUT2D eigenvalue weighted by atomic mass is 9.84. The second kappa shape index (κ2) is 9.02. The highest BCUT2D eigenvalue weighted by Crippen LogP contribution is 2.34. The first-order valence-electron chi connectivity index (χ1n) is 9.32. The summed E-state index contributed by atoms with van der Waals surface area (Å²) in [6.07, 6.45) is -3.54. The second-order valence-electron chi connectivity index (χ2n) is 7.13. The Hall–Kier alpha value is -2.99. The van der Waals surface area contributed by atoms with Crippen LogP contribution in [0.5, 0.6) is 0 Å². The van der Waals surface area contributed by atoms with E-state index in [1.54, 1.807) is 6.07 Å². The van der Waals surface area contributed by atoms with Crippen LogP contribution in [0.2, 0.25) is 5.02 Å². The van der Waals surface area contributed by atoms with Crippen molar-refractivity contribution in [2.24, 2.45) is 5.92 Å². The van der Waals surface area contributed by atoms with E-state index in [-0.39, 0.29) is 37.5 Å². The molecule has 0 saturated carbocycles. The zero-order valence-electron chi connectivity index (χ0n) is 16.0. The highest BCUT2D eigenvalue weighted by molar-refractivity contribution is 6.31. The molecule has 0 aliphatic carbocycles. The number of carbonyl (C=O) groups excluding carboxylic acids is 2. The molecule has 1 unspecified atom stereocenters. The molecule has 5 nitrogen and oxygen atoms in total. The molecule has 162 valence electrons. The number of amides is 1. The van der Waals surface area contributed by atoms with Crippen molar-refractivity contribution < 1.29 is 27.2 Å². The van der Waals surface area contributed by atoms with E-state index >= 15 is 0 Å². The van der Waals surface area contributed by atoms with Crippen LogP contribution < -0.4 is 0 Å². The number of halogens is 5. The summed E-state index contributed by atoms with van der Waals surface area (Å²) < 4.78 is 51.4. The lowest BCUT2D eigenvalue weighted by molar-refractivity contribution is -0.137. The fourth-order valence-corrected chi connectivity index (χ4v) is 3.73. The molecule has 1 aromatic carbocycles. The van der Waals surface area contributed by atoms with Crippen molar-refractivity contribution in [2.45, 2.75) is 24.9 Å². The zero-order chi connectivity index (χ0) is 22.8. The highest BCUT2D eigenvalue weighted by Gasteiger charge is 2.36. The third kappa shape index (κ3) is 5.02. The quantitative estimate of drug-likeness (QED) is 0.633. The molecule has 2 heterocycles. The third-order valence-electron chi connectivity index (χ3n) is 5.16. The number of likely N-dealkylation sites (tertiary alicyclic amines) is 1. The molecular weight excluding hydrogens is 438 g/mol. The summed E-state index contributed by atoms with van der Waals surface area (Å²) in [5.41, 5.74) is -0.966. The number of aromatic nitrogens is 1. The van der Waals surface area contributed by atoms with Gasteiger partial charge < -0.3 is 4.90 Å². The van der Waals surface area contributed by atoms with Crippen LogP contribution in [0, 0.1) is 23.1 Å². The van der Waals surface area contributed by atoms with Gasteiger partial charge >= 0.3 is 6.18 Å². The number of hydrogen-bond donors (Lipinski definition) is 0. The maximum Gasteiger partial charge on any atom is 0.417 e. The van der Waals surface area contributed by atoms with Crippen LogP contribution >= 0.6 is 11.6 Å². The molecule has 0 radical (unpaired) electrons. The number of piperidine rings is 1. The topological polar surface area (TPSA) is 74.1 Å². The molecule has 3 rings (SSSR count). The number of Topliss-reactive ketones (excluding diaryl/α,β-unsaturated/α-hetero) is 1. The first-order valence-corrected chi connectivity index (χ1v) is 9.70. The molecule has 1 saturated heterocycles. The van der Waals surface area contributed by atoms with Crippen LogP contribution in [0.1, 0.15) is 40.4 Å². The van der Waals surface area contributed by atoms with E-state index in [0.717, 1.165) is 0 Å². The molecule has 10 heteroatoms. The Morgan fingerprint density at radius 2 is 1.81 bits per heavy atom. The van der Waals surface area contributed by atoms with Gasteiger partial charge in [0.05, 0.1) is 22.3 Å². The van der Waals surface area contributed by atoms with Gasteiger partial charge in [-0.05, 0) is 43.2 Å². The molecule has 1 atom stereocenters. The van der Waals surface area contributed by atoms with Crippen molar-refractivity contribution in [3.8, 4) is 6.07 Å². The van der Waals surface area contributed by atoms with E-state index in [0.29, 0.717) is 17.8 Å². The van der Waals surface area contributed by atoms with Crippen molar-refractivity contribution in [1.82, 2.24) is 9.88 Å². The number of nitriles is 1. The van der Waals surface area contributed by atoms with Crippen LogP contribution in [-0.2, 0) is 11.0 Å². The SMILES string of the molecule is N#CC(C(=O)C1CCN(C(=O)c2ccc(F)cc2)CC1)c1ncc(C(F)(F)F)cc1Cl. The monoisotopic (exact) mass is 453 g/mol. The Balaban J connectivity index is 1.68. The van der Waals surface area contributed by atoms with Gasteiger partial charge in [-0.25, -0.2) is 4.39 Å². The zero-order valence-corrected chi connectivity index (χ0v) is 16.8. The molecule has 1 fully saturated rings. The average molecular weight is 454 g/mol. The fraction of sp³-hybridized carbons (Fsp3) is 0.333. The predicted molar refractivity (Wildman–Crippen MR) is 103 cm³/mol. The molecule has 0 spiro atoms. The number of hydrogen-bond acceptors (Lipinski definition) is 4. The fourth-order valence-electron chi connectivity index (χ4n) is 3.45. The van der Waals surface area contributed by atoms with Gasteiger partial charge in [0.2, 0.25) is 0 Å². The Labute approximate surface area is 180 Å². The third-order valence-corrected chi connectivity index (χ3v) is 5.46. The lowest BCUT2D eigenvalue weighted by Gasteiger charge is -2.32. The minimum atomic E-state index is -4.65. The standard InChI is InChI=1S/C21H16ClF4N3O2/c22-17-9-14(21(24,25)26)11-28-18(17)16(10-27)19(30)12-5-7-29(8-6-12)20(31)13-1-3-15(23)4-2-13/h1-4,9,11-12,16H,5-8H2. The lowest BCUT2D eigenvalue weighted by Crippen LogP contribution is -2.41. The Morgan fingerprint density at radius 3 is 2.32 bits per heavy atom. The Morgan fingerprint density at radius 1 is 1.19 bits per heavy atom. The number of nitrogens with zero attached hydrogens (tertiary/aromatic N) is 3. The minimum Gasteiger partial charge on any atom is -0.339 e. The molecule has 1 aliphatic rings. The van der Waals surface area contributed by atoms with Crippen molar-refractivity contribution >= 4 is 23.3 Å². The number of pyridine rings is 1. The summed E-state index contributed by atoms with van der Waals surface area (Å²) in [6, 6.07) is 7.54. The van der Waals surface area contributed by atoms with E-state index in [4.69, 9.17) is 11.6 Å². The van der Waals surface area contributed by atoms with Gasteiger partial charge in [0.25, 0.3) is 5.91 Å². The van der Waals surface area contributed by atoms with E-state index in [1.807, 2.05) is 0 Å². The van der Waals surface area contributed by atoms with Crippen LogP contribution in [-0.4, -0.2) is 34.7 Å². The second-order valence-corrected chi connectivity index (χ2v) is 7.53. The van der Waals surface area contributed by atoms with Crippen molar-refractivity contribution in [3.05, 3.63) is 64.2 Å². The summed E-state index contributed by atoms with van der Waals surface area (Å²) >= 11 is 5.89. The summed E-state index contributed by atoms with van der Waals surface area (Å²) in [4.78, 5) is 30.5. The van der Waals surface area contributed by atoms with Gasteiger partial charge in [-0.2, -0.15) is 18.4 Å². The summed E-state index contributed by atoms with van der Waals surface area (Å²) in [5, 5.41) is 9.05. The molecule has 1 aromatic heterocycles. The summed E-state index contributed by atoms with van der Waals surface area (Å²) in [5.74, 6) is -3.22. The van der Waals surface area contributed by atoms with Gasteiger partial charge in [-0.15, -0.1) is 0 Å². The smallest absolute Gasteiger partial charge is 0.339 e. The van der Waals surface area contributed by atoms with Gasteiger partial charge in [-0.3, -0.25) is 14.6 Å².